The number of anilines is 1. The summed E-state index contributed by atoms with van der Waals surface area (Å²) in [6, 6.07) is 3.16. The Morgan fingerprint density at radius 2 is 1.97 bits per heavy atom. The van der Waals surface area contributed by atoms with E-state index in [4.69, 9.17) is 14.7 Å². The first-order chi connectivity index (χ1) is 15.6. The van der Waals surface area contributed by atoms with Crippen LogP contribution in [0.5, 0.6) is 5.75 Å². The van der Waals surface area contributed by atoms with Crippen LogP contribution in [-0.4, -0.2) is 30.9 Å². The smallest absolute Gasteiger partial charge is 0.208 e. The number of hydrogen-bond acceptors (Lipinski definition) is 6. The summed E-state index contributed by atoms with van der Waals surface area (Å²) >= 11 is 0. The van der Waals surface area contributed by atoms with Gasteiger partial charge in [0, 0.05) is 65.4 Å². The van der Waals surface area contributed by atoms with Gasteiger partial charge in [0.1, 0.15) is 23.0 Å². The third-order valence-corrected chi connectivity index (χ3v) is 6.21. The Hall–Kier alpha value is -3.55. The van der Waals surface area contributed by atoms with Gasteiger partial charge in [0.05, 0.1) is 12.3 Å². The molecule has 0 unspecified atom stereocenters. The lowest BCUT2D eigenvalue weighted by Crippen LogP contribution is -2.10. The first kappa shape index (κ1) is 19.2. The van der Waals surface area contributed by atoms with Crippen LogP contribution >= 0.6 is 0 Å². The van der Waals surface area contributed by atoms with Crippen molar-refractivity contribution < 1.29 is 9.13 Å². The second-order valence-electron chi connectivity index (χ2n) is 8.53. The van der Waals surface area contributed by atoms with Gasteiger partial charge in [-0.2, -0.15) is 0 Å². The molecule has 0 spiro atoms. The number of aromatic nitrogens is 5. The molecule has 6 rings (SSSR count). The van der Waals surface area contributed by atoms with Crippen molar-refractivity contribution in [2.45, 2.75) is 45.6 Å². The van der Waals surface area contributed by atoms with Crippen LogP contribution in [0.3, 0.4) is 0 Å². The van der Waals surface area contributed by atoms with E-state index in [9.17, 15) is 4.39 Å². The van der Waals surface area contributed by atoms with E-state index >= 15 is 0 Å². The summed E-state index contributed by atoms with van der Waals surface area (Å²) < 4.78 is 22.0. The van der Waals surface area contributed by atoms with Gasteiger partial charge in [0.2, 0.25) is 5.95 Å². The van der Waals surface area contributed by atoms with E-state index in [-0.39, 0.29) is 5.82 Å². The molecule has 1 saturated carbocycles. The molecule has 1 N–H and O–H groups in total. The molecule has 0 bridgehead atoms. The molecule has 1 aliphatic carbocycles. The van der Waals surface area contributed by atoms with Gasteiger partial charge in [-0.3, -0.25) is 4.40 Å². The maximum absolute atomic E-state index is 14.5. The van der Waals surface area contributed by atoms with Gasteiger partial charge in [0.15, 0.2) is 0 Å². The number of nitrogens with one attached hydrogen (secondary N) is 1. The average molecular weight is 430 g/mol. The number of halogens is 1. The van der Waals surface area contributed by atoms with Crippen molar-refractivity contribution in [3.8, 4) is 16.9 Å². The Labute approximate surface area is 184 Å². The number of ether oxygens (including phenoxy) is 1. The lowest BCUT2D eigenvalue weighted by molar-refractivity contribution is 0.356. The van der Waals surface area contributed by atoms with Gasteiger partial charge in [0.25, 0.3) is 0 Å². The molecule has 2 aliphatic rings. The number of imidazole rings is 1. The summed E-state index contributed by atoms with van der Waals surface area (Å²) in [6.07, 6.45) is 8.65. The fourth-order valence-corrected chi connectivity index (χ4v) is 4.38. The lowest BCUT2D eigenvalue weighted by Gasteiger charge is -2.13. The highest BCUT2D eigenvalue weighted by Gasteiger charge is 2.27. The maximum atomic E-state index is 14.5. The van der Waals surface area contributed by atoms with E-state index in [2.05, 4.69) is 15.3 Å². The molecule has 32 heavy (non-hydrogen) atoms. The van der Waals surface area contributed by atoms with E-state index in [1.807, 2.05) is 30.6 Å². The van der Waals surface area contributed by atoms with Crippen molar-refractivity contribution in [1.29, 1.82) is 0 Å². The van der Waals surface area contributed by atoms with Gasteiger partial charge < -0.3 is 10.1 Å². The molecule has 8 heteroatoms. The normalized spacial score (nSPS) is 15.1. The summed E-state index contributed by atoms with van der Waals surface area (Å²) in [4.78, 5) is 18.7. The SMILES string of the molecule is Cc1cn2c(NCc3c(F)ccc4c3CCO4)ncc(-c3cnc(C4CC4)nc3C)c2n1. The molecule has 0 atom stereocenters. The zero-order chi connectivity index (χ0) is 21.8. The molecule has 0 saturated heterocycles. The van der Waals surface area contributed by atoms with Crippen LogP contribution in [0.25, 0.3) is 16.8 Å². The van der Waals surface area contributed by atoms with Crippen LogP contribution in [0.4, 0.5) is 10.3 Å². The van der Waals surface area contributed by atoms with Crippen LogP contribution in [0.15, 0.2) is 30.7 Å². The maximum Gasteiger partial charge on any atom is 0.208 e. The number of fused-ring (bicyclic) bond motifs is 2. The molecule has 1 aliphatic heterocycles. The Morgan fingerprint density at radius 1 is 1.12 bits per heavy atom. The summed E-state index contributed by atoms with van der Waals surface area (Å²) in [7, 11) is 0. The Kier molecular flexibility index (Phi) is 4.34. The predicted molar refractivity (Wildman–Crippen MR) is 118 cm³/mol. The van der Waals surface area contributed by atoms with Crippen LogP contribution in [-0.2, 0) is 13.0 Å². The molecule has 7 nitrogen and oxygen atoms in total. The summed E-state index contributed by atoms with van der Waals surface area (Å²) in [6.45, 7) is 4.85. The predicted octanol–water partition coefficient (Wildman–Crippen LogP) is 4.37. The topological polar surface area (TPSA) is 77.2 Å². The Morgan fingerprint density at radius 3 is 2.78 bits per heavy atom. The standard InChI is InChI=1S/C24H23FN6O/c1-13-12-31-23(29-13)19(17-9-26-22(15-3-4-15)30-14(17)2)11-28-24(31)27-10-18-16-7-8-32-21(16)6-5-20(18)25/h5-6,9,11-12,15H,3-4,7-8,10H2,1-2H3,(H,27,28). The fraction of sp³-hybridized carbons (Fsp3) is 0.333. The molecule has 0 radical (unpaired) electrons. The second-order valence-corrected chi connectivity index (χ2v) is 8.53. The molecule has 0 amide bonds. The number of nitrogens with zero attached hydrogens (tertiary/aromatic N) is 5. The molecule has 3 aromatic heterocycles. The highest BCUT2D eigenvalue weighted by Crippen LogP contribution is 2.39. The fourth-order valence-electron chi connectivity index (χ4n) is 4.38. The number of aryl methyl sites for hydroxylation is 2. The number of rotatable bonds is 5. The number of hydrogen-bond donors (Lipinski definition) is 1. The van der Waals surface area contributed by atoms with Crippen molar-refractivity contribution in [2.24, 2.45) is 0 Å². The molecule has 4 heterocycles. The van der Waals surface area contributed by atoms with Crippen LogP contribution in [0.1, 0.15) is 47.1 Å². The first-order valence-electron chi connectivity index (χ1n) is 10.9. The van der Waals surface area contributed by atoms with E-state index in [1.54, 1.807) is 12.3 Å². The van der Waals surface area contributed by atoms with Crippen LogP contribution in [0, 0.1) is 19.7 Å². The van der Waals surface area contributed by atoms with Gasteiger partial charge in [-0.15, -0.1) is 0 Å². The third kappa shape index (κ3) is 3.18. The molecular formula is C24H23FN6O. The van der Waals surface area contributed by atoms with Crippen LogP contribution < -0.4 is 10.1 Å². The summed E-state index contributed by atoms with van der Waals surface area (Å²) in [5.74, 6) is 2.56. The van der Waals surface area contributed by atoms with Crippen molar-refractivity contribution in [3.63, 3.8) is 0 Å². The quantitative estimate of drug-likeness (QED) is 0.507. The van der Waals surface area contributed by atoms with E-state index in [1.165, 1.54) is 18.9 Å². The van der Waals surface area contributed by atoms with E-state index in [0.717, 1.165) is 45.3 Å². The number of benzene rings is 1. The van der Waals surface area contributed by atoms with Crippen molar-refractivity contribution >= 4 is 11.6 Å². The minimum absolute atomic E-state index is 0.236. The highest BCUT2D eigenvalue weighted by molar-refractivity contribution is 5.79. The Balaban J connectivity index is 1.36. The van der Waals surface area contributed by atoms with E-state index in [0.29, 0.717) is 37.0 Å². The third-order valence-electron chi connectivity index (χ3n) is 6.21. The minimum atomic E-state index is -0.236. The zero-order valence-electron chi connectivity index (χ0n) is 18.0. The molecule has 1 fully saturated rings. The zero-order valence-corrected chi connectivity index (χ0v) is 18.0. The van der Waals surface area contributed by atoms with Gasteiger partial charge >= 0.3 is 0 Å². The summed E-state index contributed by atoms with van der Waals surface area (Å²) in [5.41, 5.74) is 5.92. The average Bonchev–Trinajstić information content (AvgIpc) is 3.39. The van der Waals surface area contributed by atoms with Gasteiger partial charge in [-0.05, 0) is 38.8 Å². The van der Waals surface area contributed by atoms with Crippen molar-refractivity contribution in [1.82, 2.24) is 24.3 Å². The second kappa shape index (κ2) is 7.25. The largest absolute Gasteiger partial charge is 0.493 e. The van der Waals surface area contributed by atoms with Crippen molar-refractivity contribution in [3.05, 3.63) is 64.9 Å². The minimum Gasteiger partial charge on any atom is -0.493 e. The highest BCUT2D eigenvalue weighted by atomic mass is 19.1. The molecular weight excluding hydrogens is 407 g/mol. The van der Waals surface area contributed by atoms with Gasteiger partial charge in [-0.1, -0.05) is 0 Å². The van der Waals surface area contributed by atoms with E-state index < -0.39 is 0 Å². The monoisotopic (exact) mass is 430 g/mol. The molecule has 162 valence electrons. The van der Waals surface area contributed by atoms with Crippen LogP contribution in [0.2, 0.25) is 0 Å². The molecule has 4 aromatic rings. The first-order valence-corrected chi connectivity index (χ1v) is 10.9. The van der Waals surface area contributed by atoms with Gasteiger partial charge in [-0.25, -0.2) is 24.3 Å². The Bertz CT molecular complexity index is 1360. The molecule has 1 aromatic carbocycles. The lowest BCUT2D eigenvalue weighted by atomic mass is 10.0. The summed E-state index contributed by atoms with van der Waals surface area (Å²) in [5, 5.41) is 3.30. The van der Waals surface area contributed by atoms with Crippen molar-refractivity contribution in [2.75, 3.05) is 11.9 Å².